The van der Waals surface area contributed by atoms with E-state index in [1.165, 1.54) is 6.20 Å². The fourth-order valence-corrected chi connectivity index (χ4v) is 2.07. The molecule has 5 nitrogen and oxygen atoms in total. The normalized spacial score (nSPS) is 20.4. The van der Waals surface area contributed by atoms with Gasteiger partial charge < -0.3 is 10.0 Å². The van der Waals surface area contributed by atoms with Crippen LogP contribution in [0, 0.1) is 5.92 Å². The van der Waals surface area contributed by atoms with E-state index in [4.69, 9.17) is 28.3 Å². The molecule has 1 unspecified atom stereocenters. The summed E-state index contributed by atoms with van der Waals surface area (Å²) >= 11 is 11.5. The SMILES string of the molecule is O=C(O)C1CCCN(c2ncc(Cl)c(Cl)n2)C1. The third-order valence-corrected chi connectivity index (χ3v) is 3.40. The third-order valence-electron chi connectivity index (χ3n) is 2.74. The van der Waals surface area contributed by atoms with Crippen molar-refractivity contribution in [2.24, 2.45) is 5.92 Å². The molecule has 1 N–H and O–H groups in total. The van der Waals surface area contributed by atoms with Crippen molar-refractivity contribution in [3.8, 4) is 0 Å². The lowest BCUT2D eigenvalue weighted by Crippen LogP contribution is -2.39. The first-order valence-electron chi connectivity index (χ1n) is 5.23. The number of aromatic nitrogens is 2. The highest BCUT2D eigenvalue weighted by atomic mass is 35.5. The number of piperidine rings is 1. The van der Waals surface area contributed by atoms with Gasteiger partial charge in [0.2, 0.25) is 5.95 Å². The smallest absolute Gasteiger partial charge is 0.308 e. The van der Waals surface area contributed by atoms with E-state index in [0.29, 0.717) is 23.9 Å². The van der Waals surface area contributed by atoms with E-state index >= 15 is 0 Å². The minimum absolute atomic E-state index is 0.189. The molecule has 7 heteroatoms. The number of anilines is 1. The van der Waals surface area contributed by atoms with Crippen LogP contribution >= 0.6 is 23.2 Å². The van der Waals surface area contributed by atoms with Crippen molar-refractivity contribution in [2.45, 2.75) is 12.8 Å². The Balaban J connectivity index is 2.16. The van der Waals surface area contributed by atoms with Crippen LogP contribution in [0.4, 0.5) is 5.95 Å². The van der Waals surface area contributed by atoms with Crippen LogP contribution in [-0.2, 0) is 4.79 Å². The molecule has 0 radical (unpaired) electrons. The first-order valence-corrected chi connectivity index (χ1v) is 5.99. The van der Waals surface area contributed by atoms with Crippen molar-refractivity contribution in [1.29, 1.82) is 0 Å². The average Bonchev–Trinajstić information content (AvgIpc) is 2.33. The Morgan fingerprint density at radius 3 is 2.94 bits per heavy atom. The molecule has 0 amide bonds. The van der Waals surface area contributed by atoms with E-state index in [9.17, 15) is 4.79 Å². The van der Waals surface area contributed by atoms with Gasteiger partial charge in [-0.25, -0.2) is 4.98 Å². The summed E-state index contributed by atoms with van der Waals surface area (Å²) in [6.45, 7) is 1.15. The van der Waals surface area contributed by atoms with Crippen molar-refractivity contribution < 1.29 is 9.90 Å². The second-order valence-corrected chi connectivity index (χ2v) is 4.70. The lowest BCUT2D eigenvalue weighted by Gasteiger charge is -2.30. The third kappa shape index (κ3) is 2.79. The number of hydrogen-bond donors (Lipinski definition) is 1. The zero-order valence-corrected chi connectivity index (χ0v) is 10.4. The Morgan fingerprint density at radius 1 is 1.53 bits per heavy atom. The Kier molecular flexibility index (Phi) is 3.69. The van der Waals surface area contributed by atoms with Crippen molar-refractivity contribution in [2.75, 3.05) is 18.0 Å². The summed E-state index contributed by atoms with van der Waals surface area (Å²) in [4.78, 5) is 20.9. The van der Waals surface area contributed by atoms with E-state index in [2.05, 4.69) is 9.97 Å². The summed E-state index contributed by atoms with van der Waals surface area (Å²) in [5, 5.41) is 9.47. The Hall–Kier alpha value is -1.07. The van der Waals surface area contributed by atoms with Gasteiger partial charge in [0.1, 0.15) is 0 Å². The maximum Gasteiger partial charge on any atom is 0.308 e. The molecule has 17 heavy (non-hydrogen) atoms. The van der Waals surface area contributed by atoms with Gasteiger partial charge in [0, 0.05) is 13.1 Å². The molecule has 1 aromatic heterocycles. The molecule has 92 valence electrons. The minimum atomic E-state index is -0.783. The minimum Gasteiger partial charge on any atom is -0.481 e. The van der Waals surface area contributed by atoms with Crippen LogP contribution in [0.5, 0.6) is 0 Å². The van der Waals surface area contributed by atoms with Gasteiger partial charge in [0.15, 0.2) is 5.15 Å². The van der Waals surface area contributed by atoms with E-state index in [1.807, 2.05) is 4.90 Å². The largest absolute Gasteiger partial charge is 0.481 e. The van der Waals surface area contributed by atoms with E-state index < -0.39 is 5.97 Å². The second-order valence-electron chi connectivity index (χ2n) is 3.93. The van der Waals surface area contributed by atoms with Gasteiger partial charge >= 0.3 is 5.97 Å². The predicted octanol–water partition coefficient (Wildman–Crippen LogP) is 2.08. The van der Waals surface area contributed by atoms with Gasteiger partial charge in [-0.05, 0) is 12.8 Å². The molecular formula is C10H11Cl2N3O2. The molecule has 1 aliphatic heterocycles. The molecule has 1 fully saturated rings. The number of rotatable bonds is 2. The summed E-state index contributed by atoms with van der Waals surface area (Å²) in [5.74, 6) is -0.720. The van der Waals surface area contributed by atoms with Crippen LogP contribution in [0.1, 0.15) is 12.8 Å². The van der Waals surface area contributed by atoms with E-state index in [-0.39, 0.29) is 11.1 Å². The molecule has 0 spiro atoms. The monoisotopic (exact) mass is 275 g/mol. The number of hydrogen-bond acceptors (Lipinski definition) is 4. The first kappa shape index (κ1) is 12.4. The zero-order chi connectivity index (χ0) is 12.4. The van der Waals surface area contributed by atoms with Crippen molar-refractivity contribution >= 4 is 35.1 Å². The highest BCUT2D eigenvalue weighted by Gasteiger charge is 2.26. The predicted molar refractivity (Wildman–Crippen MR) is 64.6 cm³/mol. The van der Waals surface area contributed by atoms with Gasteiger partial charge in [-0.2, -0.15) is 4.98 Å². The molecule has 2 heterocycles. The van der Waals surface area contributed by atoms with Crippen LogP contribution in [0.25, 0.3) is 0 Å². The molecule has 1 atom stereocenters. The zero-order valence-electron chi connectivity index (χ0n) is 8.94. The van der Waals surface area contributed by atoms with Gasteiger partial charge in [0.25, 0.3) is 0 Å². The molecule has 0 bridgehead atoms. The topological polar surface area (TPSA) is 66.3 Å². The second kappa shape index (κ2) is 5.06. The van der Waals surface area contributed by atoms with Crippen LogP contribution in [0.3, 0.4) is 0 Å². The summed E-state index contributed by atoms with van der Waals surface area (Å²) in [6.07, 6.45) is 2.92. The molecule has 2 rings (SSSR count). The fraction of sp³-hybridized carbons (Fsp3) is 0.500. The highest BCUT2D eigenvalue weighted by molar-refractivity contribution is 6.41. The van der Waals surface area contributed by atoms with Gasteiger partial charge in [-0.1, -0.05) is 23.2 Å². The Morgan fingerprint density at radius 2 is 2.29 bits per heavy atom. The van der Waals surface area contributed by atoms with Crippen molar-refractivity contribution in [3.63, 3.8) is 0 Å². The van der Waals surface area contributed by atoms with Crippen molar-refractivity contribution in [3.05, 3.63) is 16.4 Å². The summed E-state index contributed by atoms with van der Waals surface area (Å²) in [6, 6.07) is 0. The van der Waals surface area contributed by atoms with Gasteiger partial charge in [-0.3, -0.25) is 4.79 Å². The average molecular weight is 276 g/mol. The molecular weight excluding hydrogens is 265 g/mol. The molecule has 1 aromatic rings. The van der Waals surface area contributed by atoms with Crippen LogP contribution < -0.4 is 4.90 Å². The molecule has 0 aromatic carbocycles. The molecule has 1 saturated heterocycles. The quantitative estimate of drug-likeness (QED) is 0.838. The number of halogens is 2. The number of aliphatic carboxylic acids is 1. The lowest BCUT2D eigenvalue weighted by molar-refractivity contribution is -0.141. The van der Waals surface area contributed by atoms with Crippen LogP contribution in [-0.4, -0.2) is 34.1 Å². The number of carboxylic acids is 1. The molecule has 1 aliphatic rings. The highest BCUT2D eigenvalue weighted by Crippen LogP contribution is 2.24. The number of carboxylic acid groups (broad SMARTS) is 1. The number of nitrogens with zero attached hydrogens (tertiary/aromatic N) is 3. The maximum absolute atomic E-state index is 10.9. The van der Waals surface area contributed by atoms with Gasteiger partial charge in [-0.15, -0.1) is 0 Å². The maximum atomic E-state index is 10.9. The van der Waals surface area contributed by atoms with Gasteiger partial charge in [0.05, 0.1) is 17.1 Å². The fourth-order valence-electron chi connectivity index (χ4n) is 1.85. The van der Waals surface area contributed by atoms with Crippen LogP contribution in [0.15, 0.2) is 6.20 Å². The summed E-state index contributed by atoms with van der Waals surface area (Å²) < 4.78 is 0. The molecule has 0 saturated carbocycles. The summed E-state index contributed by atoms with van der Waals surface area (Å²) in [5.41, 5.74) is 0. The van der Waals surface area contributed by atoms with Crippen molar-refractivity contribution in [1.82, 2.24) is 9.97 Å². The standard InChI is InChI=1S/C10H11Cl2N3O2/c11-7-4-13-10(14-8(7)12)15-3-1-2-6(5-15)9(16)17/h4,6H,1-3,5H2,(H,16,17). The van der Waals surface area contributed by atoms with Crippen LogP contribution in [0.2, 0.25) is 10.2 Å². The summed E-state index contributed by atoms with van der Waals surface area (Å²) in [7, 11) is 0. The first-order chi connectivity index (χ1) is 8.08. The lowest BCUT2D eigenvalue weighted by atomic mass is 9.99. The number of carbonyl (C=O) groups is 1. The van der Waals surface area contributed by atoms with E-state index in [1.54, 1.807) is 0 Å². The Bertz CT molecular complexity index is 442. The molecule has 0 aliphatic carbocycles. The Labute approximate surface area is 108 Å². The van der Waals surface area contributed by atoms with E-state index in [0.717, 1.165) is 13.0 Å².